The van der Waals surface area contributed by atoms with Gasteiger partial charge in [0.1, 0.15) is 0 Å². The van der Waals surface area contributed by atoms with Crippen molar-refractivity contribution in [3.05, 3.63) is 40.8 Å². The van der Waals surface area contributed by atoms with Gasteiger partial charge < -0.3 is 0 Å². The molecule has 0 aromatic heterocycles. The van der Waals surface area contributed by atoms with Gasteiger partial charge in [0.25, 0.3) is 0 Å². The van der Waals surface area contributed by atoms with Crippen LogP contribution in [0.2, 0.25) is 0 Å². The lowest BCUT2D eigenvalue weighted by Gasteiger charge is -2.19. The molecule has 1 amide bonds. The van der Waals surface area contributed by atoms with Crippen LogP contribution in [0.25, 0.3) is 0 Å². The second-order valence-corrected chi connectivity index (χ2v) is 3.48. The molecule has 0 N–H and O–H groups in total. The van der Waals surface area contributed by atoms with Crippen LogP contribution >= 0.6 is 0 Å². The van der Waals surface area contributed by atoms with E-state index in [0.29, 0.717) is 6.42 Å². The summed E-state index contributed by atoms with van der Waals surface area (Å²) in [6, 6.07) is 9.49. The molecular weight excluding hydrogens is 192 g/mol. The zero-order valence-electron chi connectivity index (χ0n) is 8.88. The van der Waals surface area contributed by atoms with Gasteiger partial charge in [-0.25, -0.2) is 0 Å². The minimum absolute atomic E-state index is 0.206. The molecule has 4 heteroatoms. The molecule has 1 aromatic rings. The Morgan fingerprint density at radius 3 is 2.47 bits per heavy atom. The molecule has 4 nitrogen and oxygen atoms in total. The summed E-state index contributed by atoms with van der Waals surface area (Å²) in [6.45, 7) is 3.14. The van der Waals surface area contributed by atoms with Crippen molar-refractivity contribution < 1.29 is 4.79 Å². The Bertz CT molecular complexity index is 338. The van der Waals surface area contributed by atoms with Crippen LogP contribution in [0.15, 0.2) is 35.6 Å². The summed E-state index contributed by atoms with van der Waals surface area (Å²) >= 11 is 0. The maximum Gasteiger partial charge on any atom is 0.242 e. The summed E-state index contributed by atoms with van der Waals surface area (Å²) in [7, 11) is 0. The lowest BCUT2D eigenvalue weighted by Crippen LogP contribution is -2.33. The van der Waals surface area contributed by atoms with Gasteiger partial charge in [0.05, 0.1) is 11.3 Å². The SMILES string of the molecule is CC(=O)N(N=O)[C@@H](C)Cc1ccccc1. The largest absolute Gasteiger partial charge is 0.273 e. The van der Waals surface area contributed by atoms with Gasteiger partial charge in [-0.05, 0) is 18.9 Å². The van der Waals surface area contributed by atoms with E-state index in [1.807, 2.05) is 30.3 Å². The number of benzene rings is 1. The molecule has 0 heterocycles. The van der Waals surface area contributed by atoms with Gasteiger partial charge in [-0.15, -0.1) is 4.91 Å². The van der Waals surface area contributed by atoms with Crippen LogP contribution in [0, 0.1) is 4.91 Å². The molecule has 0 radical (unpaired) electrons. The third-order valence-electron chi connectivity index (χ3n) is 2.20. The third-order valence-corrected chi connectivity index (χ3v) is 2.20. The van der Waals surface area contributed by atoms with Crippen molar-refractivity contribution in [3.63, 3.8) is 0 Å². The zero-order chi connectivity index (χ0) is 11.3. The third kappa shape index (κ3) is 3.16. The van der Waals surface area contributed by atoms with Crippen LogP contribution in [0.3, 0.4) is 0 Å². The Morgan fingerprint density at radius 2 is 2.00 bits per heavy atom. The number of amides is 1. The van der Waals surface area contributed by atoms with Crippen LogP contribution in [0.5, 0.6) is 0 Å². The Kier molecular flexibility index (Phi) is 3.97. The van der Waals surface area contributed by atoms with Crippen molar-refractivity contribution in [3.8, 4) is 0 Å². The quantitative estimate of drug-likeness (QED) is 0.559. The van der Waals surface area contributed by atoms with Crippen LogP contribution < -0.4 is 0 Å². The van der Waals surface area contributed by atoms with Crippen molar-refractivity contribution in [1.82, 2.24) is 5.01 Å². The number of nitroso groups, excluding NO2 is 1. The monoisotopic (exact) mass is 206 g/mol. The zero-order valence-corrected chi connectivity index (χ0v) is 8.88. The summed E-state index contributed by atoms with van der Waals surface area (Å²) in [6.07, 6.45) is 0.631. The van der Waals surface area contributed by atoms with Gasteiger partial charge >= 0.3 is 0 Å². The predicted molar refractivity (Wildman–Crippen MR) is 57.9 cm³/mol. The van der Waals surface area contributed by atoms with E-state index in [1.165, 1.54) is 6.92 Å². The van der Waals surface area contributed by atoms with Crippen molar-refractivity contribution >= 4 is 5.91 Å². The Morgan fingerprint density at radius 1 is 1.40 bits per heavy atom. The Balaban J connectivity index is 2.66. The lowest BCUT2D eigenvalue weighted by atomic mass is 10.1. The molecule has 0 saturated carbocycles. The first-order valence-electron chi connectivity index (χ1n) is 4.82. The van der Waals surface area contributed by atoms with Crippen molar-refractivity contribution in [2.45, 2.75) is 26.3 Å². The van der Waals surface area contributed by atoms with Gasteiger partial charge in [-0.2, -0.15) is 5.01 Å². The summed E-state index contributed by atoms with van der Waals surface area (Å²) in [5, 5.41) is 3.68. The first-order valence-corrected chi connectivity index (χ1v) is 4.82. The highest BCUT2D eigenvalue weighted by atomic mass is 16.3. The van der Waals surface area contributed by atoms with E-state index in [2.05, 4.69) is 5.29 Å². The lowest BCUT2D eigenvalue weighted by molar-refractivity contribution is -0.130. The maximum absolute atomic E-state index is 11.0. The van der Waals surface area contributed by atoms with E-state index in [1.54, 1.807) is 6.92 Å². The van der Waals surface area contributed by atoms with Crippen LogP contribution in [-0.4, -0.2) is 17.0 Å². The van der Waals surface area contributed by atoms with Gasteiger partial charge in [0.15, 0.2) is 0 Å². The average molecular weight is 206 g/mol. The van der Waals surface area contributed by atoms with Crippen molar-refractivity contribution in [1.29, 1.82) is 0 Å². The smallest absolute Gasteiger partial charge is 0.242 e. The molecule has 0 aliphatic carbocycles. The van der Waals surface area contributed by atoms with Crippen molar-refractivity contribution in [2.75, 3.05) is 0 Å². The van der Waals surface area contributed by atoms with Crippen LogP contribution in [0.4, 0.5) is 0 Å². The highest BCUT2D eigenvalue weighted by Gasteiger charge is 2.17. The molecule has 1 atom stereocenters. The molecule has 0 spiro atoms. The maximum atomic E-state index is 11.0. The molecule has 0 aliphatic rings. The molecule has 0 aliphatic heterocycles. The van der Waals surface area contributed by atoms with E-state index in [4.69, 9.17) is 0 Å². The molecule has 1 aromatic carbocycles. The molecule has 80 valence electrons. The molecule has 15 heavy (non-hydrogen) atoms. The number of carbonyl (C=O) groups is 1. The summed E-state index contributed by atoms with van der Waals surface area (Å²) in [5.41, 5.74) is 1.08. The summed E-state index contributed by atoms with van der Waals surface area (Å²) in [5.74, 6) is -0.326. The van der Waals surface area contributed by atoms with Gasteiger partial charge in [-0.3, -0.25) is 4.79 Å². The average Bonchev–Trinajstić information content (AvgIpc) is 2.19. The first kappa shape index (κ1) is 11.4. The van der Waals surface area contributed by atoms with E-state index < -0.39 is 0 Å². The standard InChI is InChI=1S/C11H14N2O2/c1-9(13(12-15)10(2)14)8-11-6-4-3-5-7-11/h3-7,9H,8H2,1-2H3/t9-/m0/s1. The second-order valence-electron chi connectivity index (χ2n) is 3.48. The number of hydrogen-bond donors (Lipinski definition) is 0. The fraction of sp³-hybridized carbons (Fsp3) is 0.364. The number of nitrogens with zero attached hydrogens (tertiary/aromatic N) is 2. The number of rotatable bonds is 4. The topological polar surface area (TPSA) is 49.7 Å². The molecule has 0 fully saturated rings. The van der Waals surface area contributed by atoms with Gasteiger partial charge in [0, 0.05) is 6.92 Å². The predicted octanol–water partition coefficient (Wildman–Crippen LogP) is 2.15. The second kappa shape index (κ2) is 5.24. The summed E-state index contributed by atoms with van der Waals surface area (Å²) in [4.78, 5) is 21.5. The first-order chi connectivity index (χ1) is 7.15. The van der Waals surface area contributed by atoms with Crippen LogP contribution in [0.1, 0.15) is 19.4 Å². The molecule has 0 saturated heterocycles. The minimum Gasteiger partial charge on any atom is -0.273 e. The number of carbonyl (C=O) groups excluding carboxylic acids is 1. The highest BCUT2D eigenvalue weighted by molar-refractivity contribution is 5.73. The normalized spacial score (nSPS) is 11.9. The van der Waals surface area contributed by atoms with Crippen molar-refractivity contribution in [2.24, 2.45) is 5.29 Å². The number of hydrogen-bond acceptors (Lipinski definition) is 3. The molecule has 0 unspecified atom stereocenters. The summed E-state index contributed by atoms with van der Waals surface area (Å²) < 4.78 is 0. The fourth-order valence-electron chi connectivity index (χ4n) is 1.49. The van der Waals surface area contributed by atoms with Crippen LogP contribution in [-0.2, 0) is 11.2 Å². The minimum atomic E-state index is -0.326. The Labute approximate surface area is 88.8 Å². The molecular formula is C11H14N2O2. The van der Waals surface area contributed by atoms with E-state index in [0.717, 1.165) is 10.6 Å². The molecule has 0 bridgehead atoms. The van der Waals surface area contributed by atoms with Gasteiger partial charge in [-0.1, -0.05) is 30.3 Å². The fourth-order valence-corrected chi connectivity index (χ4v) is 1.49. The van der Waals surface area contributed by atoms with E-state index in [-0.39, 0.29) is 11.9 Å². The van der Waals surface area contributed by atoms with E-state index in [9.17, 15) is 9.70 Å². The highest BCUT2D eigenvalue weighted by Crippen LogP contribution is 2.09. The van der Waals surface area contributed by atoms with E-state index >= 15 is 0 Å². The Hall–Kier alpha value is -1.71. The van der Waals surface area contributed by atoms with Gasteiger partial charge in [0.2, 0.25) is 5.91 Å². The molecule has 1 rings (SSSR count).